The maximum Gasteiger partial charge on any atom is 0.254 e. The predicted molar refractivity (Wildman–Crippen MR) is 115 cm³/mol. The summed E-state index contributed by atoms with van der Waals surface area (Å²) in [6.07, 6.45) is 1.48. The molecule has 2 fully saturated rings. The van der Waals surface area contributed by atoms with Crippen molar-refractivity contribution in [1.29, 1.82) is 0 Å². The molecule has 4 rings (SSSR count). The van der Waals surface area contributed by atoms with Crippen LogP contribution in [0.1, 0.15) is 47.3 Å². The zero-order valence-corrected chi connectivity index (χ0v) is 17.3. The average molecular weight is 392 g/mol. The quantitative estimate of drug-likeness (QED) is 0.799. The van der Waals surface area contributed by atoms with Crippen LogP contribution in [0.2, 0.25) is 0 Å². The van der Waals surface area contributed by atoms with Crippen LogP contribution in [0.5, 0.6) is 0 Å². The highest BCUT2D eigenvalue weighted by Crippen LogP contribution is 2.25. The predicted octanol–water partition coefficient (Wildman–Crippen LogP) is 3.64. The van der Waals surface area contributed by atoms with E-state index in [4.69, 9.17) is 0 Å². The summed E-state index contributed by atoms with van der Waals surface area (Å²) in [5, 5.41) is 0. The highest BCUT2D eigenvalue weighted by molar-refractivity contribution is 5.99. The van der Waals surface area contributed by atoms with E-state index in [1.807, 2.05) is 29.2 Å². The number of hydrogen-bond donors (Lipinski definition) is 0. The van der Waals surface area contributed by atoms with Gasteiger partial charge in [-0.15, -0.1) is 0 Å². The highest BCUT2D eigenvalue weighted by Gasteiger charge is 2.27. The number of aryl methyl sites for hydroxylation is 1. The molecule has 0 unspecified atom stereocenters. The van der Waals surface area contributed by atoms with Crippen molar-refractivity contribution in [1.82, 2.24) is 9.80 Å². The van der Waals surface area contributed by atoms with Crippen LogP contribution in [0.3, 0.4) is 0 Å². The van der Waals surface area contributed by atoms with Crippen molar-refractivity contribution >= 4 is 17.5 Å². The van der Waals surface area contributed by atoms with Gasteiger partial charge in [-0.05, 0) is 44.0 Å². The molecule has 0 N–H and O–H groups in total. The van der Waals surface area contributed by atoms with Crippen LogP contribution in [0.15, 0.2) is 48.5 Å². The Bertz CT molecular complexity index is 885. The molecule has 2 amide bonds. The minimum atomic E-state index is 0.0566. The van der Waals surface area contributed by atoms with Crippen molar-refractivity contribution in [3.05, 3.63) is 65.2 Å². The number of anilines is 1. The Morgan fingerprint density at radius 1 is 0.966 bits per heavy atom. The standard InChI is InChI=1S/C24H29N3O2/c1-18-8-10-20(11-9-18)19(2)25-13-15-26(16-14-25)24(29)21-5-3-6-22(17-21)27-12-4-7-23(27)28/h3,5-6,8-11,17,19H,4,7,12-16H2,1-2H3/t19-/m0/s1. The number of piperazine rings is 1. The largest absolute Gasteiger partial charge is 0.336 e. The Hall–Kier alpha value is -2.66. The number of rotatable bonds is 4. The molecule has 2 aromatic carbocycles. The first-order valence-corrected chi connectivity index (χ1v) is 10.5. The summed E-state index contributed by atoms with van der Waals surface area (Å²) in [6.45, 7) is 8.26. The lowest BCUT2D eigenvalue weighted by Crippen LogP contribution is -2.49. The van der Waals surface area contributed by atoms with Gasteiger partial charge < -0.3 is 9.80 Å². The van der Waals surface area contributed by atoms with Crippen molar-refractivity contribution in [2.24, 2.45) is 0 Å². The van der Waals surface area contributed by atoms with Crippen LogP contribution < -0.4 is 4.90 Å². The van der Waals surface area contributed by atoms with Crippen LogP contribution in [0, 0.1) is 6.92 Å². The summed E-state index contributed by atoms with van der Waals surface area (Å²) in [7, 11) is 0. The smallest absolute Gasteiger partial charge is 0.254 e. The zero-order valence-electron chi connectivity index (χ0n) is 17.3. The molecule has 2 saturated heterocycles. The lowest BCUT2D eigenvalue weighted by Gasteiger charge is -2.38. The Balaban J connectivity index is 1.39. The van der Waals surface area contributed by atoms with Crippen molar-refractivity contribution in [3.8, 4) is 0 Å². The molecule has 0 radical (unpaired) electrons. The van der Waals surface area contributed by atoms with Crippen LogP contribution in [0.4, 0.5) is 5.69 Å². The van der Waals surface area contributed by atoms with Gasteiger partial charge in [-0.1, -0.05) is 35.9 Å². The van der Waals surface area contributed by atoms with Gasteiger partial charge in [0, 0.05) is 56.4 Å². The third-order valence-electron chi connectivity index (χ3n) is 6.19. The molecule has 2 aromatic rings. The SMILES string of the molecule is Cc1ccc([C@H](C)N2CCN(C(=O)c3cccc(N4CCCC4=O)c3)CC2)cc1. The summed E-state index contributed by atoms with van der Waals surface area (Å²) in [5.41, 5.74) is 4.10. The van der Waals surface area contributed by atoms with Gasteiger partial charge >= 0.3 is 0 Å². The second-order valence-corrected chi connectivity index (χ2v) is 8.11. The first-order valence-electron chi connectivity index (χ1n) is 10.5. The van der Waals surface area contributed by atoms with Gasteiger partial charge in [-0.3, -0.25) is 14.5 Å². The topological polar surface area (TPSA) is 43.9 Å². The molecule has 2 aliphatic heterocycles. The van der Waals surface area contributed by atoms with Gasteiger partial charge in [0.15, 0.2) is 0 Å². The molecular weight excluding hydrogens is 362 g/mol. The summed E-state index contributed by atoms with van der Waals surface area (Å²) in [6, 6.07) is 16.6. The van der Waals surface area contributed by atoms with Gasteiger partial charge in [0.05, 0.1) is 0 Å². The first kappa shape index (κ1) is 19.6. The molecule has 5 heteroatoms. The molecule has 0 aliphatic carbocycles. The summed E-state index contributed by atoms with van der Waals surface area (Å²) in [4.78, 5) is 31.2. The van der Waals surface area contributed by atoms with E-state index in [2.05, 4.69) is 43.0 Å². The van der Waals surface area contributed by atoms with Gasteiger partial charge in [0.2, 0.25) is 5.91 Å². The van der Waals surface area contributed by atoms with E-state index in [1.165, 1.54) is 11.1 Å². The maximum absolute atomic E-state index is 13.0. The van der Waals surface area contributed by atoms with Crippen molar-refractivity contribution in [2.75, 3.05) is 37.6 Å². The fraction of sp³-hybridized carbons (Fsp3) is 0.417. The minimum Gasteiger partial charge on any atom is -0.336 e. The molecular formula is C24H29N3O2. The van der Waals surface area contributed by atoms with Crippen LogP contribution in [-0.2, 0) is 4.79 Å². The lowest BCUT2D eigenvalue weighted by molar-refractivity contribution is -0.117. The lowest BCUT2D eigenvalue weighted by atomic mass is 10.0. The monoisotopic (exact) mass is 391 g/mol. The van der Waals surface area contributed by atoms with E-state index in [0.29, 0.717) is 18.0 Å². The molecule has 5 nitrogen and oxygen atoms in total. The van der Waals surface area contributed by atoms with Crippen LogP contribution in [-0.4, -0.2) is 54.3 Å². The van der Waals surface area contributed by atoms with Crippen LogP contribution >= 0.6 is 0 Å². The molecule has 2 aliphatic rings. The maximum atomic E-state index is 13.0. The number of hydrogen-bond acceptors (Lipinski definition) is 3. The van der Waals surface area contributed by atoms with E-state index in [-0.39, 0.29) is 11.8 Å². The van der Waals surface area contributed by atoms with Gasteiger partial charge in [0.1, 0.15) is 0 Å². The third-order valence-corrected chi connectivity index (χ3v) is 6.19. The number of benzene rings is 2. The Labute approximate surface area is 172 Å². The van der Waals surface area contributed by atoms with E-state index in [1.54, 1.807) is 4.90 Å². The van der Waals surface area contributed by atoms with E-state index in [9.17, 15) is 9.59 Å². The summed E-state index contributed by atoms with van der Waals surface area (Å²) < 4.78 is 0. The minimum absolute atomic E-state index is 0.0566. The molecule has 29 heavy (non-hydrogen) atoms. The molecule has 152 valence electrons. The second-order valence-electron chi connectivity index (χ2n) is 8.11. The van der Waals surface area contributed by atoms with Crippen molar-refractivity contribution in [2.45, 2.75) is 32.7 Å². The Morgan fingerprint density at radius 3 is 2.34 bits per heavy atom. The fourth-order valence-corrected chi connectivity index (χ4v) is 4.28. The van der Waals surface area contributed by atoms with E-state index >= 15 is 0 Å². The number of amides is 2. The molecule has 0 bridgehead atoms. The summed E-state index contributed by atoms with van der Waals surface area (Å²) in [5.74, 6) is 0.203. The van der Waals surface area contributed by atoms with E-state index < -0.39 is 0 Å². The highest BCUT2D eigenvalue weighted by atomic mass is 16.2. The van der Waals surface area contributed by atoms with Gasteiger partial charge in [0.25, 0.3) is 5.91 Å². The van der Waals surface area contributed by atoms with Crippen molar-refractivity contribution in [3.63, 3.8) is 0 Å². The van der Waals surface area contributed by atoms with Gasteiger partial charge in [-0.25, -0.2) is 0 Å². The van der Waals surface area contributed by atoms with Crippen LogP contribution in [0.25, 0.3) is 0 Å². The Kier molecular flexibility index (Phi) is 5.67. The Morgan fingerprint density at radius 2 is 1.69 bits per heavy atom. The molecule has 1 atom stereocenters. The number of carbonyl (C=O) groups is 2. The molecule has 0 saturated carbocycles. The van der Waals surface area contributed by atoms with E-state index in [0.717, 1.165) is 44.8 Å². The summed E-state index contributed by atoms with van der Waals surface area (Å²) >= 11 is 0. The number of nitrogens with zero attached hydrogens (tertiary/aromatic N) is 3. The average Bonchev–Trinajstić information content (AvgIpc) is 3.19. The third kappa shape index (κ3) is 4.20. The molecule has 2 heterocycles. The second kappa shape index (κ2) is 8.37. The van der Waals surface area contributed by atoms with Crippen molar-refractivity contribution < 1.29 is 9.59 Å². The number of carbonyl (C=O) groups excluding carboxylic acids is 2. The zero-order chi connectivity index (χ0) is 20.4. The normalized spacial score (nSPS) is 18.9. The fourth-order valence-electron chi connectivity index (χ4n) is 4.28. The van der Waals surface area contributed by atoms with Gasteiger partial charge in [-0.2, -0.15) is 0 Å². The molecule has 0 aromatic heterocycles. The molecule has 0 spiro atoms. The first-order chi connectivity index (χ1) is 14.0.